The molecule has 0 amide bonds. The van der Waals surface area contributed by atoms with Gasteiger partial charge in [0.15, 0.2) is 0 Å². The van der Waals surface area contributed by atoms with Crippen molar-refractivity contribution in [1.29, 1.82) is 0 Å². The molecule has 1 N–H and O–H groups in total. The molecule has 1 aromatic carbocycles. The van der Waals surface area contributed by atoms with Crippen molar-refractivity contribution in [2.24, 2.45) is 7.05 Å². The van der Waals surface area contributed by atoms with E-state index in [4.69, 9.17) is 0 Å². The highest BCUT2D eigenvalue weighted by Crippen LogP contribution is 2.31. The summed E-state index contributed by atoms with van der Waals surface area (Å²) in [7, 11) is -2.37. The van der Waals surface area contributed by atoms with Gasteiger partial charge >= 0.3 is 6.18 Å². The Hall–Kier alpha value is -2.03. The fraction of sp³-hybridized carbons (Fsp3) is 0.400. The summed E-state index contributed by atoms with van der Waals surface area (Å²) >= 11 is 0. The minimum absolute atomic E-state index is 0.00241. The Morgan fingerprint density at radius 3 is 2.08 bits per heavy atom. The average molecular weight is 361 g/mol. The lowest BCUT2D eigenvalue weighted by atomic mass is 9.92. The molecule has 0 bridgehead atoms. The summed E-state index contributed by atoms with van der Waals surface area (Å²) in [6.45, 7) is 5.48. The Kier molecular flexibility index (Phi) is 4.43. The van der Waals surface area contributed by atoms with Gasteiger partial charge in [-0.05, 0) is 24.3 Å². The molecule has 1 heterocycles. The van der Waals surface area contributed by atoms with Crippen LogP contribution < -0.4 is 4.72 Å². The molecule has 5 nitrogen and oxygen atoms in total. The number of anilines is 1. The molecule has 132 valence electrons. The predicted octanol–water partition coefficient (Wildman–Crippen LogP) is 3.54. The molecule has 0 aliphatic carbocycles. The summed E-state index contributed by atoms with van der Waals surface area (Å²) in [5.74, 6) is 0. The molecule has 0 unspecified atom stereocenters. The second kappa shape index (κ2) is 5.80. The van der Waals surface area contributed by atoms with Crippen LogP contribution >= 0.6 is 0 Å². The first-order chi connectivity index (χ1) is 10.8. The Morgan fingerprint density at radius 2 is 1.62 bits per heavy atom. The molecule has 2 aromatic rings. The number of benzene rings is 1. The summed E-state index contributed by atoms with van der Waals surface area (Å²) in [4.78, 5) is -0.00241. The highest BCUT2D eigenvalue weighted by Gasteiger charge is 2.31. The van der Waals surface area contributed by atoms with E-state index >= 15 is 0 Å². The number of hydrogen-bond donors (Lipinski definition) is 1. The maximum absolute atomic E-state index is 12.6. The lowest BCUT2D eigenvalue weighted by molar-refractivity contribution is -0.137. The molecule has 9 heteroatoms. The molecule has 2 rings (SSSR count). The quantitative estimate of drug-likeness (QED) is 0.909. The highest BCUT2D eigenvalue weighted by atomic mass is 32.2. The third-order valence-corrected chi connectivity index (χ3v) is 4.64. The van der Waals surface area contributed by atoms with Crippen molar-refractivity contribution < 1.29 is 21.6 Å². The van der Waals surface area contributed by atoms with Crippen LogP contribution in [0.1, 0.15) is 32.0 Å². The van der Waals surface area contributed by atoms with Gasteiger partial charge in [0.25, 0.3) is 10.0 Å². The summed E-state index contributed by atoms with van der Waals surface area (Å²) in [6, 6.07) is 3.80. The van der Waals surface area contributed by atoms with Crippen LogP contribution in [-0.4, -0.2) is 18.2 Å². The summed E-state index contributed by atoms with van der Waals surface area (Å²) < 4.78 is 66.5. The second-order valence-electron chi connectivity index (χ2n) is 6.45. The van der Waals surface area contributed by atoms with Crippen molar-refractivity contribution >= 4 is 15.7 Å². The van der Waals surface area contributed by atoms with E-state index in [1.165, 1.54) is 10.9 Å². The Labute approximate surface area is 138 Å². The number of nitrogens with zero attached hydrogens (tertiary/aromatic N) is 2. The number of sulfonamides is 1. The van der Waals surface area contributed by atoms with Crippen LogP contribution in [0.25, 0.3) is 0 Å². The Morgan fingerprint density at radius 1 is 1.08 bits per heavy atom. The maximum atomic E-state index is 12.6. The monoisotopic (exact) mass is 361 g/mol. The Balaban J connectivity index is 2.36. The van der Waals surface area contributed by atoms with E-state index < -0.39 is 27.2 Å². The van der Waals surface area contributed by atoms with E-state index in [9.17, 15) is 21.6 Å². The van der Waals surface area contributed by atoms with E-state index in [1.807, 2.05) is 20.8 Å². The van der Waals surface area contributed by atoms with E-state index in [0.717, 1.165) is 24.3 Å². The van der Waals surface area contributed by atoms with Gasteiger partial charge in [0.1, 0.15) is 4.90 Å². The van der Waals surface area contributed by atoms with Crippen molar-refractivity contribution in [2.75, 3.05) is 4.72 Å². The molecule has 0 aliphatic rings. The molecule has 24 heavy (non-hydrogen) atoms. The molecule has 0 radical (unpaired) electrons. The number of aryl methyl sites for hydroxylation is 1. The van der Waals surface area contributed by atoms with Crippen LogP contribution in [0.3, 0.4) is 0 Å². The van der Waals surface area contributed by atoms with E-state index in [2.05, 4.69) is 9.82 Å². The molecule has 0 fully saturated rings. The van der Waals surface area contributed by atoms with Crippen molar-refractivity contribution in [3.8, 4) is 0 Å². The zero-order valence-corrected chi connectivity index (χ0v) is 14.5. The number of hydrogen-bond acceptors (Lipinski definition) is 3. The van der Waals surface area contributed by atoms with Gasteiger partial charge in [-0.2, -0.15) is 18.3 Å². The third-order valence-electron chi connectivity index (χ3n) is 3.26. The van der Waals surface area contributed by atoms with Gasteiger partial charge in [0, 0.05) is 24.3 Å². The number of nitrogens with one attached hydrogen (secondary N) is 1. The molecule has 0 saturated heterocycles. The van der Waals surface area contributed by atoms with Crippen LogP contribution in [0.5, 0.6) is 0 Å². The molecular formula is C15H18F3N3O2S. The van der Waals surface area contributed by atoms with Crippen LogP contribution in [0.2, 0.25) is 0 Å². The van der Waals surface area contributed by atoms with Crippen molar-refractivity contribution in [2.45, 2.75) is 37.3 Å². The normalized spacial score (nSPS) is 13.1. The zero-order valence-electron chi connectivity index (χ0n) is 13.6. The zero-order chi connectivity index (χ0) is 18.3. The summed E-state index contributed by atoms with van der Waals surface area (Å²) in [5, 5.41) is 4.18. The molecule has 0 atom stereocenters. The molecule has 0 aliphatic heterocycles. The van der Waals surface area contributed by atoms with Gasteiger partial charge in [-0.15, -0.1) is 0 Å². The van der Waals surface area contributed by atoms with Crippen LogP contribution in [0, 0.1) is 0 Å². The highest BCUT2D eigenvalue weighted by molar-refractivity contribution is 7.92. The summed E-state index contributed by atoms with van der Waals surface area (Å²) in [6.07, 6.45) is -3.10. The first-order valence-electron chi connectivity index (χ1n) is 7.05. The molecular weight excluding hydrogens is 343 g/mol. The maximum Gasteiger partial charge on any atom is 0.416 e. The number of aromatic nitrogens is 2. The van der Waals surface area contributed by atoms with Crippen molar-refractivity contribution in [3.63, 3.8) is 0 Å². The average Bonchev–Trinajstić information content (AvgIpc) is 2.81. The lowest BCUT2D eigenvalue weighted by Crippen LogP contribution is -2.20. The predicted molar refractivity (Wildman–Crippen MR) is 84.2 cm³/mol. The minimum atomic E-state index is -4.47. The topological polar surface area (TPSA) is 64.0 Å². The standard InChI is InChI=1S/C15H18F3N3O2S/c1-14(2,3)13-12(9-21(4)19-13)24(22,23)20-11-7-5-10(6-8-11)15(16,17)18/h5-9,20H,1-4H3. The summed E-state index contributed by atoms with van der Waals surface area (Å²) in [5.41, 5.74) is -0.927. The molecule has 0 saturated carbocycles. The van der Waals surface area contributed by atoms with Crippen LogP contribution in [0.4, 0.5) is 18.9 Å². The first-order valence-corrected chi connectivity index (χ1v) is 8.53. The molecule has 0 spiro atoms. The van der Waals surface area contributed by atoms with Crippen LogP contribution in [-0.2, 0) is 28.7 Å². The van der Waals surface area contributed by atoms with Gasteiger partial charge in [-0.25, -0.2) is 8.42 Å². The van der Waals surface area contributed by atoms with Crippen molar-refractivity contribution in [1.82, 2.24) is 9.78 Å². The molecule has 1 aromatic heterocycles. The third kappa shape index (κ3) is 3.89. The lowest BCUT2D eigenvalue weighted by Gasteiger charge is -2.18. The van der Waals surface area contributed by atoms with Gasteiger partial charge in [0.05, 0.1) is 11.3 Å². The number of halogens is 3. The Bertz CT molecular complexity index is 832. The minimum Gasteiger partial charge on any atom is -0.280 e. The first kappa shape index (κ1) is 18.3. The fourth-order valence-electron chi connectivity index (χ4n) is 2.12. The smallest absolute Gasteiger partial charge is 0.280 e. The van der Waals surface area contributed by atoms with Gasteiger partial charge in [-0.3, -0.25) is 9.40 Å². The van der Waals surface area contributed by atoms with Gasteiger partial charge < -0.3 is 0 Å². The van der Waals surface area contributed by atoms with Crippen molar-refractivity contribution in [3.05, 3.63) is 41.7 Å². The van der Waals surface area contributed by atoms with E-state index in [0.29, 0.717) is 5.69 Å². The number of rotatable bonds is 3. The fourth-order valence-corrected chi connectivity index (χ4v) is 3.57. The van der Waals surface area contributed by atoms with Gasteiger partial charge in [0.2, 0.25) is 0 Å². The second-order valence-corrected chi connectivity index (χ2v) is 8.10. The largest absolute Gasteiger partial charge is 0.416 e. The van der Waals surface area contributed by atoms with Crippen LogP contribution in [0.15, 0.2) is 35.4 Å². The van der Waals surface area contributed by atoms with E-state index in [-0.39, 0.29) is 10.6 Å². The van der Waals surface area contributed by atoms with E-state index in [1.54, 1.807) is 7.05 Å². The van der Waals surface area contributed by atoms with Gasteiger partial charge in [-0.1, -0.05) is 20.8 Å². The number of alkyl halides is 3. The SMILES string of the molecule is Cn1cc(S(=O)(=O)Nc2ccc(C(F)(F)F)cc2)c(C(C)(C)C)n1.